The van der Waals surface area contributed by atoms with Gasteiger partial charge in [-0.15, -0.1) is 11.3 Å². The molecule has 1 aliphatic heterocycles. The Kier molecular flexibility index (Phi) is 10.4. The number of hydrogen-bond donors (Lipinski definition) is 3. The van der Waals surface area contributed by atoms with E-state index in [0.29, 0.717) is 13.0 Å². The molecule has 0 saturated carbocycles. The molecule has 1 saturated heterocycles. The molecule has 46 heavy (non-hydrogen) atoms. The average molecular weight is 655 g/mol. The third-order valence-electron chi connectivity index (χ3n) is 7.84. The number of aliphatic hydroxyl groups excluding tert-OH is 1. The maximum atomic E-state index is 12.1. The molecule has 4 aromatic carbocycles. The van der Waals surface area contributed by atoms with Crippen LogP contribution in [-0.2, 0) is 32.2 Å². The highest BCUT2D eigenvalue weighted by molar-refractivity contribution is 8.01. The van der Waals surface area contributed by atoms with Crippen LogP contribution < -0.4 is 5.32 Å². The summed E-state index contributed by atoms with van der Waals surface area (Å²) in [6, 6.07) is 31.9. The lowest BCUT2D eigenvalue weighted by atomic mass is 9.97. The average Bonchev–Trinajstić information content (AvgIpc) is 3.52. The Morgan fingerprint density at radius 1 is 0.891 bits per heavy atom. The number of carbonyl (C=O) groups excluding carboxylic acids is 1. The summed E-state index contributed by atoms with van der Waals surface area (Å²) >= 11 is 3.39. The summed E-state index contributed by atoms with van der Waals surface area (Å²) in [7, 11) is 0. The van der Waals surface area contributed by atoms with Crippen molar-refractivity contribution < 1.29 is 29.3 Å². The van der Waals surface area contributed by atoms with Crippen LogP contribution in [0.2, 0.25) is 0 Å². The van der Waals surface area contributed by atoms with Crippen LogP contribution in [0.3, 0.4) is 0 Å². The predicted octanol–water partition coefficient (Wildman–Crippen LogP) is 7.27. The number of amides is 1. The molecule has 3 atom stereocenters. The summed E-state index contributed by atoms with van der Waals surface area (Å²) < 4.78 is 15.3. The fraction of sp³-hybridized carbons (Fsp3) is 0.250. The largest absolute Gasteiger partial charge is 0.481 e. The highest BCUT2D eigenvalue weighted by Crippen LogP contribution is 2.40. The predicted molar refractivity (Wildman–Crippen MR) is 179 cm³/mol. The van der Waals surface area contributed by atoms with Gasteiger partial charge in [-0.2, -0.15) is 0 Å². The van der Waals surface area contributed by atoms with E-state index in [2.05, 4.69) is 11.4 Å². The maximum absolute atomic E-state index is 12.1. The monoisotopic (exact) mass is 654 g/mol. The molecular weight excluding hydrogens is 621 g/mol. The fourth-order valence-corrected chi connectivity index (χ4v) is 7.49. The molecule has 6 rings (SSSR count). The topological polar surface area (TPSA) is 118 Å². The number of ether oxygens (including phenoxy) is 2. The van der Waals surface area contributed by atoms with Gasteiger partial charge in [0.05, 0.1) is 35.5 Å². The van der Waals surface area contributed by atoms with Crippen molar-refractivity contribution in [2.24, 2.45) is 0 Å². The van der Waals surface area contributed by atoms with Gasteiger partial charge in [0.2, 0.25) is 5.91 Å². The number of thioether (sulfide) groups is 1. The maximum Gasteiger partial charge on any atom is 0.303 e. The molecule has 1 aliphatic rings. The van der Waals surface area contributed by atoms with Crippen LogP contribution >= 0.6 is 23.1 Å². The van der Waals surface area contributed by atoms with Crippen molar-refractivity contribution in [3.05, 3.63) is 119 Å². The number of aliphatic hydroxyl groups is 1. The van der Waals surface area contributed by atoms with Crippen molar-refractivity contribution in [3.63, 3.8) is 0 Å². The van der Waals surface area contributed by atoms with Crippen molar-refractivity contribution >= 4 is 45.2 Å². The van der Waals surface area contributed by atoms with Gasteiger partial charge in [-0.05, 0) is 39.9 Å². The van der Waals surface area contributed by atoms with E-state index in [1.54, 1.807) is 23.1 Å². The number of para-hydroxylation sites is 1. The summed E-state index contributed by atoms with van der Waals surface area (Å²) in [6.07, 6.45) is -0.399. The number of thiazole rings is 1. The number of benzene rings is 4. The molecule has 1 amide bonds. The molecule has 1 aromatic heterocycles. The Bertz CT molecular complexity index is 1760. The molecule has 3 N–H and O–H groups in total. The molecule has 236 valence electrons. The number of rotatable bonds is 12. The third-order valence-corrected chi connectivity index (χ3v) is 10.1. The zero-order valence-corrected chi connectivity index (χ0v) is 26.6. The summed E-state index contributed by atoms with van der Waals surface area (Å²) in [4.78, 5) is 27.7. The van der Waals surface area contributed by atoms with E-state index in [4.69, 9.17) is 19.6 Å². The van der Waals surface area contributed by atoms with E-state index in [0.717, 1.165) is 49.0 Å². The molecule has 2 heterocycles. The summed E-state index contributed by atoms with van der Waals surface area (Å²) in [5.74, 6) is -0.560. The number of nitrogens with one attached hydrogen (secondary N) is 1. The number of nitrogens with zero attached hydrogens (tertiary/aromatic N) is 1. The van der Waals surface area contributed by atoms with Crippen molar-refractivity contribution in [2.45, 2.75) is 55.3 Å². The Morgan fingerprint density at radius 3 is 2.39 bits per heavy atom. The Morgan fingerprint density at radius 2 is 1.63 bits per heavy atom. The van der Waals surface area contributed by atoms with Gasteiger partial charge in [-0.1, -0.05) is 96.7 Å². The van der Waals surface area contributed by atoms with Gasteiger partial charge < -0.3 is 25.0 Å². The molecular formula is C36H34N2O6S2. The number of aliphatic carboxylic acids is 1. The van der Waals surface area contributed by atoms with Crippen LogP contribution in [0.25, 0.3) is 21.3 Å². The van der Waals surface area contributed by atoms with Crippen molar-refractivity contribution in [1.82, 2.24) is 10.3 Å². The van der Waals surface area contributed by atoms with Gasteiger partial charge >= 0.3 is 5.97 Å². The van der Waals surface area contributed by atoms with E-state index in [9.17, 15) is 14.7 Å². The molecule has 8 nitrogen and oxygen atoms in total. The van der Waals surface area contributed by atoms with Crippen molar-refractivity contribution in [1.29, 1.82) is 0 Å². The van der Waals surface area contributed by atoms with Crippen LogP contribution in [0, 0.1) is 0 Å². The van der Waals surface area contributed by atoms with Gasteiger partial charge in [-0.3, -0.25) is 9.59 Å². The second-order valence-corrected chi connectivity index (χ2v) is 13.4. The Labute approximate surface area is 275 Å². The van der Waals surface area contributed by atoms with E-state index < -0.39 is 12.3 Å². The molecule has 5 aromatic rings. The normalized spacial score (nSPS) is 18.0. The molecule has 1 fully saturated rings. The van der Waals surface area contributed by atoms with Gasteiger partial charge in [0.15, 0.2) is 10.6 Å². The number of carboxylic acid groups (broad SMARTS) is 1. The molecule has 0 bridgehead atoms. The first kappa shape index (κ1) is 31.9. The fourth-order valence-electron chi connectivity index (χ4n) is 5.38. The number of fused-ring (bicyclic) bond motifs is 1. The minimum atomic E-state index is -0.995. The lowest BCUT2D eigenvalue weighted by Gasteiger charge is -2.36. The van der Waals surface area contributed by atoms with Crippen LogP contribution in [0.1, 0.15) is 53.9 Å². The lowest BCUT2D eigenvalue weighted by molar-refractivity contribution is -0.245. The first-order valence-electron chi connectivity index (χ1n) is 15.1. The van der Waals surface area contributed by atoms with E-state index in [1.165, 1.54) is 4.70 Å². The quantitative estimate of drug-likeness (QED) is 0.120. The number of aromatic nitrogens is 1. The standard InChI is InChI=1S/C36H34N2O6S2/c39-21-23-9-11-25(12-10-23)31-19-28(22-45-36-38-30-7-3-4-8-32(30)46-36)43-35(44-31)26-15-13-24(14-16-26)29-6-2-1-5-27(29)20-37-33(40)17-18-34(41)42/h1-16,28,31,35,39H,17-22H2,(H,37,40)(H,41,42). The zero-order chi connectivity index (χ0) is 31.9. The molecule has 0 spiro atoms. The van der Waals surface area contributed by atoms with Crippen molar-refractivity contribution in [2.75, 3.05) is 5.75 Å². The van der Waals surface area contributed by atoms with E-state index in [-0.39, 0.29) is 37.6 Å². The van der Waals surface area contributed by atoms with E-state index >= 15 is 0 Å². The minimum absolute atomic E-state index is 0.00839. The smallest absolute Gasteiger partial charge is 0.303 e. The summed E-state index contributed by atoms with van der Waals surface area (Å²) in [5.41, 5.74) is 6.68. The van der Waals surface area contributed by atoms with Crippen LogP contribution in [0.15, 0.2) is 101 Å². The molecule has 3 unspecified atom stereocenters. The third kappa shape index (κ3) is 8.01. The highest BCUT2D eigenvalue weighted by Gasteiger charge is 2.32. The lowest BCUT2D eigenvalue weighted by Crippen LogP contribution is -2.31. The summed E-state index contributed by atoms with van der Waals surface area (Å²) in [5, 5.41) is 21.2. The molecule has 0 aliphatic carbocycles. The number of carbonyl (C=O) groups is 2. The van der Waals surface area contributed by atoms with Gasteiger partial charge in [0.1, 0.15) is 0 Å². The van der Waals surface area contributed by atoms with Gasteiger partial charge in [0, 0.05) is 30.7 Å². The minimum Gasteiger partial charge on any atom is -0.481 e. The van der Waals surface area contributed by atoms with Gasteiger partial charge in [0.25, 0.3) is 0 Å². The zero-order valence-electron chi connectivity index (χ0n) is 25.0. The Balaban J connectivity index is 1.18. The molecule has 0 radical (unpaired) electrons. The Hall–Kier alpha value is -4.06. The first-order valence-corrected chi connectivity index (χ1v) is 16.9. The second-order valence-electron chi connectivity index (χ2n) is 11.1. The van der Waals surface area contributed by atoms with E-state index in [1.807, 2.05) is 91.0 Å². The van der Waals surface area contributed by atoms with Crippen LogP contribution in [0.4, 0.5) is 0 Å². The summed E-state index contributed by atoms with van der Waals surface area (Å²) in [6.45, 7) is 0.293. The second kappa shape index (κ2) is 15.0. The number of carboxylic acids is 1. The highest BCUT2D eigenvalue weighted by atomic mass is 32.2. The van der Waals surface area contributed by atoms with Crippen LogP contribution in [-0.4, -0.2) is 38.9 Å². The molecule has 10 heteroatoms. The number of hydrogen-bond acceptors (Lipinski definition) is 8. The first-order chi connectivity index (χ1) is 22.4. The van der Waals surface area contributed by atoms with Gasteiger partial charge in [-0.25, -0.2) is 4.98 Å². The van der Waals surface area contributed by atoms with Crippen molar-refractivity contribution in [3.8, 4) is 11.1 Å². The van der Waals surface area contributed by atoms with Crippen LogP contribution in [0.5, 0.6) is 0 Å². The SMILES string of the molecule is O=C(O)CCC(=O)NCc1ccccc1-c1ccc(C2OC(CSc3nc4ccccc4s3)CC(c3ccc(CO)cc3)O2)cc1.